The lowest BCUT2D eigenvalue weighted by atomic mass is 10.0. The molecule has 106 heavy (non-hydrogen) atoms. The third kappa shape index (κ3) is 78.1. The highest BCUT2D eigenvalue weighted by Crippen LogP contribution is 2.45. The maximum absolute atomic E-state index is 13.1. The molecule has 0 rings (SSSR count). The van der Waals surface area contributed by atoms with Crippen LogP contribution in [0.3, 0.4) is 0 Å². The summed E-state index contributed by atoms with van der Waals surface area (Å²) in [5.41, 5.74) is 0. The van der Waals surface area contributed by atoms with E-state index in [2.05, 4.69) is 125 Å². The molecule has 0 aliphatic rings. The van der Waals surface area contributed by atoms with Crippen LogP contribution >= 0.6 is 15.6 Å². The Hall–Kier alpha value is -4.02. The predicted octanol–water partition coefficient (Wildman–Crippen LogP) is 25.1. The van der Waals surface area contributed by atoms with Crippen molar-refractivity contribution in [2.75, 3.05) is 39.6 Å². The highest BCUT2D eigenvalue weighted by Gasteiger charge is 2.30. The standard InChI is InChI=1S/C87H154O17P2/c1-5-9-13-17-21-25-29-33-36-38-40-42-45-48-51-55-59-63-67-71-84(89)97-77-82(103-86(91)73-69-65-61-57-53-47-32-28-24-20-16-12-8-4)79-101-105(93,94)99-75-81(88)76-100-106(95,96)102-80-83(104-87(92)74-70-66-62-58-54-50-44-35-31-27-23-19-15-11-7-3)78-98-85(90)72-68-64-60-56-52-49-46-43-41-39-37-34-30-26-22-18-14-10-6-2/h9,13,21-22,25-26,33-34,36-37,40-43,48,51,81-83,88H,5-8,10-12,14-20,23-24,27-32,35,38-39,44-47,49-50,52-80H2,1-4H3,(H,93,94)(H,95,96)/b13-9-,25-21-,26-22-,36-33-,37-34-,42-40-,43-41-,51-48-. The fourth-order valence-electron chi connectivity index (χ4n) is 11.6. The van der Waals surface area contributed by atoms with Gasteiger partial charge in [-0.25, -0.2) is 9.13 Å². The van der Waals surface area contributed by atoms with Crippen molar-refractivity contribution >= 4 is 39.5 Å². The first-order valence-corrected chi connectivity index (χ1v) is 45.5. The van der Waals surface area contributed by atoms with Gasteiger partial charge in [0.1, 0.15) is 19.3 Å². The lowest BCUT2D eigenvalue weighted by Gasteiger charge is -2.21. The van der Waals surface area contributed by atoms with Gasteiger partial charge in [-0.1, -0.05) is 337 Å². The van der Waals surface area contributed by atoms with Gasteiger partial charge in [-0.05, 0) is 109 Å². The second-order valence-electron chi connectivity index (χ2n) is 28.4. The number of hydrogen-bond donors (Lipinski definition) is 3. The molecule has 5 atom stereocenters. The van der Waals surface area contributed by atoms with E-state index in [1.165, 1.54) is 135 Å². The predicted molar refractivity (Wildman–Crippen MR) is 436 cm³/mol. The van der Waals surface area contributed by atoms with E-state index in [0.29, 0.717) is 25.7 Å². The van der Waals surface area contributed by atoms with E-state index in [1.807, 2.05) is 0 Å². The molecule has 17 nitrogen and oxygen atoms in total. The molecule has 0 aromatic heterocycles. The number of hydrogen-bond acceptors (Lipinski definition) is 15. The van der Waals surface area contributed by atoms with E-state index in [1.54, 1.807) is 0 Å². The van der Waals surface area contributed by atoms with Gasteiger partial charge < -0.3 is 33.8 Å². The summed E-state index contributed by atoms with van der Waals surface area (Å²) in [5, 5.41) is 10.7. The molecule has 614 valence electrons. The fourth-order valence-corrected chi connectivity index (χ4v) is 13.2. The fraction of sp³-hybridized carbons (Fsp3) is 0.770. The first kappa shape index (κ1) is 102. The molecule has 0 amide bonds. The molecule has 0 saturated carbocycles. The van der Waals surface area contributed by atoms with Crippen LogP contribution < -0.4 is 0 Å². The molecule has 0 aromatic carbocycles. The van der Waals surface area contributed by atoms with Crippen LogP contribution in [0.1, 0.15) is 374 Å². The average Bonchev–Trinajstić information content (AvgIpc) is 0.901. The lowest BCUT2D eigenvalue weighted by Crippen LogP contribution is -2.30. The zero-order valence-corrected chi connectivity index (χ0v) is 69.1. The zero-order valence-electron chi connectivity index (χ0n) is 67.3. The summed E-state index contributed by atoms with van der Waals surface area (Å²) in [6.45, 7) is 4.76. The van der Waals surface area contributed by atoms with Crippen molar-refractivity contribution in [2.24, 2.45) is 0 Å². The summed E-state index contributed by atoms with van der Waals surface area (Å²) in [7, 11) is -9.96. The molecule has 0 saturated heterocycles. The Morgan fingerprint density at radius 1 is 0.274 bits per heavy atom. The molecular formula is C87H154O17P2. The Kier molecular flexibility index (Phi) is 76.1. The summed E-state index contributed by atoms with van der Waals surface area (Å²) >= 11 is 0. The van der Waals surface area contributed by atoms with Crippen molar-refractivity contribution < 1.29 is 80.2 Å². The van der Waals surface area contributed by atoms with E-state index in [-0.39, 0.29) is 25.7 Å². The first-order chi connectivity index (χ1) is 51.7. The number of allylic oxidation sites excluding steroid dienone is 16. The van der Waals surface area contributed by atoms with Gasteiger partial charge in [0.15, 0.2) is 12.2 Å². The van der Waals surface area contributed by atoms with E-state index in [0.717, 1.165) is 161 Å². The topological polar surface area (TPSA) is 237 Å². The van der Waals surface area contributed by atoms with Crippen molar-refractivity contribution in [3.8, 4) is 0 Å². The number of esters is 4. The summed E-state index contributed by atoms with van der Waals surface area (Å²) in [6.07, 6.45) is 85.1. The SMILES string of the molecule is CC/C=C\C/C=C\C/C=C\C/C=C\C/C=C\CCCCCC(=O)OCC(COP(=O)(O)OCC(O)COP(=O)(O)OCC(COC(=O)CCCCCCCC/C=C\C/C=C\C/C=C\CCCCC)OC(=O)CCCCCCCCCCCCCCCCC)OC(=O)CCCCCCCCCCCCCCC. The highest BCUT2D eigenvalue weighted by atomic mass is 31.2. The minimum absolute atomic E-state index is 0.0907. The molecular weight excluding hydrogens is 1380 g/mol. The van der Waals surface area contributed by atoms with Crippen molar-refractivity contribution in [1.82, 2.24) is 0 Å². The largest absolute Gasteiger partial charge is 0.472 e. The lowest BCUT2D eigenvalue weighted by molar-refractivity contribution is -0.161. The Labute approximate surface area is 646 Å². The van der Waals surface area contributed by atoms with Gasteiger partial charge in [-0.15, -0.1) is 0 Å². The van der Waals surface area contributed by atoms with Gasteiger partial charge in [0.25, 0.3) is 0 Å². The van der Waals surface area contributed by atoms with Crippen molar-refractivity contribution in [3.63, 3.8) is 0 Å². The average molecular weight is 1530 g/mol. The smallest absolute Gasteiger partial charge is 0.462 e. The van der Waals surface area contributed by atoms with Gasteiger partial charge in [-0.2, -0.15) is 0 Å². The van der Waals surface area contributed by atoms with Crippen LogP contribution in [0, 0.1) is 0 Å². The molecule has 0 aromatic rings. The number of rotatable bonds is 80. The van der Waals surface area contributed by atoms with Gasteiger partial charge in [0, 0.05) is 25.7 Å². The van der Waals surface area contributed by atoms with Crippen LogP contribution in [0.2, 0.25) is 0 Å². The monoisotopic (exact) mass is 1530 g/mol. The second-order valence-corrected chi connectivity index (χ2v) is 31.3. The van der Waals surface area contributed by atoms with Crippen LogP contribution in [0.15, 0.2) is 97.2 Å². The van der Waals surface area contributed by atoms with Crippen molar-refractivity contribution in [3.05, 3.63) is 97.2 Å². The number of ether oxygens (including phenoxy) is 4. The van der Waals surface area contributed by atoms with Crippen molar-refractivity contribution in [2.45, 2.75) is 393 Å². The number of carbonyl (C=O) groups excluding carboxylic acids is 4. The third-order valence-corrected chi connectivity index (χ3v) is 20.0. The summed E-state index contributed by atoms with van der Waals surface area (Å²) < 4.78 is 68.8. The number of phosphoric ester groups is 2. The Balaban J connectivity index is 5.36. The van der Waals surface area contributed by atoms with Crippen LogP contribution in [0.25, 0.3) is 0 Å². The molecule has 0 heterocycles. The van der Waals surface area contributed by atoms with Crippen molar-refractivity contribution in [1.29, 1.82) is 0 Å². The number of aliphatic hydroxyl groups excluding tert-OH is 1. The molecule has 19 heteroatoms. The molecule has 0 aliphatic heterocycles. The molecule has 3 N–H and O–H groups in total. The number of aliphatic hydroxyl groups is 1. The molecule has 5 unspecified atom stereocenters. The first-order valence-electron chi connectivity index (χ1n) is 42.5. The third-order valence-electron chi connectivity index (χ3n) is 18.1. The van der Waals surface area contributed by atoms with E-state index >= 15 is 0 Å². The Bertz CT molecular complexity index is 2380. The quantitative estimate of drug-likeness (QED) is 0.0169. The van der Waals surface area contributed by atoms with E-state index < -0.39 is 97.5 Å². The Morgan fingerprint density at radius 2 is 0.491 bits per heavy atom. The maximum Gasteiger partial charge on any atom is 0.472 e. The van der Waals surface area contributed by atoms with Crippen LogP contribution in [0.5, 0.6) is 0 Å². The molecule has 0 bridgehead atoms. The Morgan fingerprint density at radius 3 is 0.783 bits per heavy atom. The normalized spacial score (nSPS) is 14.3. The second kappa shape index (κ2) is 79.1. The van der Waals surface area contributed by atoms with Crippen LogP contribution in [-0.4, -0.2) is 96.7 Å². The summed E-state index contributed by atoms with van der Waals surface area (Å²) in [5.74, 6) is -2.19. The molecule has 0 aliphatic carbocycles. The summed E-state index contributed by atoms with van der Waals surface area (Å²) in [6, 6.07) is 0. The molecule has 0 radical (unpaired) electrons. The van der Waals surface area contributed by atoms with E-state index in [9.17, 15) is 43.2 Å². The minimum atomic E-state index is -4.98. The maximum atomic E-state index is 13.1. The number of phosphoric acid groups is 2. The van der Waals surface area contributed by atoms with E-state index in [4.69, 9.17) is 37.0 Å². The molecule has 0 spiro atoms. The zero-order chi connectivity index (χ0) is 77.4. The number of carbonyl (C=O) groups is 4. The minimum Gasteiger partial charge on any atom is -0.462 e. The van der Waals surface area contributed by atoms with Gasteiger partial charge >= 0.3 is 39.5 Å². The highest BCUT2D eigenvalue weighted by molar-refractivity contribution is 7.47. The summed E-state index contributed by atoms with van der Waals surface area (Å²) in [4.78, 5) is 73.2. The number of unbranched alkanes of at least 4 members (excludes halogenated alkanes) is 38. The molecule has 0 fully saturated rings. The van der Waals surface area contributed by atoms with Crippen LogP contribution in [-0.2, 0) is 65.4 Å². The van der Waals surface area contributed by atoms with Gasteiger partial charge in [-0.3, -0.25) is 37.3 Å². The van der Waals surface area contributed by atoms with Crippen LogP contribution in [0.4, 0.5) is 0 Å². The van der Waals surface area contributed by atoms with Gasteiger partial charge in [0.05, 0.1) is 26.4 Å². The van der Waals surface area contributed by atoms with Gasteiger partial charge in [0.2, 0.25) is 0 Å².